The van der Waals surface area contributed by atoms with Crippen LogP contribution in [0.25, 0.3) is 10.9 Å². The molecule has 10 heteroatoms. The molecule has 2 aromatic heterocycles. The molecule has 1 fully saturated rings. The van der Waals surface area contributed by atoms with E-state index in [1.807, 2.05) is 43.9 Å². The minimum atomic E-state index is -0.896. The lowest BCUT2D eigenvalue weighted by Crippen LogP contribution is -2.48. The summed E-state index contributed by atoms with van der Waals surface area (Å²) in [5.41, 5.74) is 3.76. The van der Waals surface area contributed by atoms with Gasteiger partial charge in [0.25, 0.3) is 0 Å². The third-order valence-corrected chi connectivity index (χ3v) is 5.93. The molecule has 1 saturated heterocycles. The number of aromatic amines is 1. The van der Waals surface area contributed by atoms with Crippen LogP contribution in [0.1, 0.15) is 36.8 Å². The van der Waals surface area contributed by atoms with E-state index in [1.54, 1.807) is 6.20 Å². The van der Waals surface area contributed by atoms with Crippen LogP contribution in [0.15, 0.2) is 29.0 Å². The Labute approximate surface area is 185 Å². The number of piperazine rings is 1. The maximum Gasteiger partial charge on any atom is 0.325 e. The molecule has 0 aliphatic carbocycles. The van der Waals surface area contributed by atoms with Crippen LogP contribution in [0, 0.1) is 12.8 Å². The maximum atomic E-state index is 12.3. The molecule has 3 heterocycles. The van der Waals surface area contributed by atoms with E-state index in [0.29, 0.717) is 44.0 Å². The summed E-state index contributed by atoms with van der Waals surface area (Å²) in [6.45, 7) is 8.80. The van der Waals surface area contributed by atoms with Crippen LogP contribution < -0.4 is 5.32 Å². The number of H-pyrrole nitrogens is 1. The summed E-state index contributed by atoms with van der Waals surface area (Å²) in [4.78, 5) is 31.8. The standard InChI is InChI=1S/C22H28N6O4/c1-13(2)21(29)24-15-4-5-18-16(10-15)17(11-23-18)20(22(30)31)28-8-6-27(7-9-28)12-19-14(3)25-32-26-19/h4-5,10-11,13,20,23H,6-9,12H2,1-3H3,(H,24,29)(H,30,31)/t20-/m1/s1. The first-order valence-corrected chi connectivity index (χ1v) is 10.7. The average Bonchev–Trinajstić information content (AvgIpc) is 3.35. The number of aryl methyl sites for hydroxylation is 1. The molecule has 32 heavy (non-hydrogen) atoms. The van der Waals surface area contributed by atoms with Gasteiger partial charge in [-0.15, -0.1) is 0 Å². The highest BCUT2D eigenvalue weighted by atomic mass is 16.6. The van der Waals surface area contributed by atoms with E-state index in [4.69, 9.17) is 4.63 Å². The molecule has 0 bridgehead atoms. The molecule has 4 rings (SSSR count). The van der Waals surface area contributed by atoms with E-state index in [0.717, 1.165) is 22.3 Å². The Morgan fingerprint density at radius 2 is 1.97 bits per heavy atom. The normalized spacial score (nSPS) is 16.5. The van der Waals surface area contributed by atoms with Gasteiger partial charge in [0, 0.05) is 67.0 Å². The predicted octanol–water partition coefficient (Wildman–Crippen LogP) is 2.40. The molecular formula is C22H28N6O4. The van der Waals surface area contributed by atoms with Gasteiger partial charge in [-0.05, 0) is 25.1 Å². The average molecular weight is 441 g/mol. The van der Waals surface area contributed by atoms with E-state index < -0.39 is 12.0 Å². The molecule has 1 aliphatic rings. The summed E-state index contributed by atoms with van der Waals surface area (Å²) in [6, 6.07) is 4.74. The molecule has 1 aliphatic heterocycles. The second-order valence-corrected chi connectivity index (χ2v) is 8.50. The summed E-state index contributed by atoms with van der Waals surface area (Å²) in [6.07, 6.45) is 1.76. The number of carbonyl (C=O) groups excluding carboxylic acids is 1. The number of amides is 1. The number of carboxylic acid groups (broad SMARTS) is 1. The molecule has 0 radical (unpaired) electrons. The largest absolute Gasteiger partial charge is 0.480 e. The SMILES string of the molecule is Cc1nonc1CN1CCN([C@@H](C(=O)O)c2c[nH]c3ccc(NC(=O)C(C)C)cc23)CC1. The van der Waals surface area contributed by atoms with E-state index in [2.05, 4.69) is 25.5 Å². The van der Waals surface area contributed by atoms with Gasteiger partial charge in [0.15, 0.2) is 0 Å². The number of fused-ring (bicyclic) bond motifs is 1. The van der Waals surface area contributed by atoms with Crippen molar-refractivity contribution in [3.05, 3.63) is 41.3 Å². The first-order chi connectivity index (χ1) is 15.3. The van der Waals surface area contributed by atoms with Crippen LogP contribution in [0.2, 0.25) is 0 Å². The van der Waals surface area contributed by atoms with Crippen molar-refractivity contribution in [3.63, 3.8) is 0 Å². The summed E-state index contributed by atoms with van der Waals surface area (Å²) >= 11 is 0. The molecule has 0 spiro atoms. The number of nitrogens with one attached hydrogen (secondary N) is 2. The van der Waals surface area contributed by atoms with Crippen LogP contribution in [-0.2, 0) is 16.1 Å². The third kappa shape index (κ3) is 4.51. The van der Waals surface area contributed by atoms with E-state index in [1.165, 1.54) is 0 Å². The van der Waals surface area contributed by atoms with Gasteiger partial charge < -0.3 is 15.4 Å². The van der Waals surface area contributed by atoms with Crippen LogP contribution in [0.3, 0.4) is 0 Å². The highest BCUT2D eigenvalue weighted by molar-refractivity contribution is 5.96. The van der Waals surface area contributed by atoms with Gasteiger partial charge in [-0.2, -0.15) is 0 Å². The van der Waals surface area contributed by atoms with Crippen LogP contribution in [0.5, 0.6) is 0 Å². The van der Waals surface area contributed by atoms with E-state index in [9.17, 15) is 14.7 Å². The summed E-state index contributed by atoms with van der Waals surface area (Å²) in [7, 11) is 0. The number of carboxylic acids is 1. The van der Waals surface area contributed by atoms with E-state index >= 15 is 0 Å². The maximum absolute atomic E-state index is 12.3. The van der Waals surface area contributed by atoms with Crippen molar-refractivity contribution in [2.24, 2.45) is 5.92 Å². The molecule has 1 aromatic carbocycles. The summed E-state index contributed by atoms with van der Waals surface area (Å²) in [5, 5.41) is 21.5. The quantitative estimate of drug-likeness (QED) is 0.511. The zero-order valence-corrected chi connectivity index (χ0v) is 18.5. The van der Waals surface area contributed by atoms with Crippen molar-refractivity contribution in [1.29, 1.82) is 0 Å². The molecule has 10 nitrogen and oxygen atoms in total. The van der Waals surface area contributed by atoms with Crippen molar-refractivity contribution >= 4 is 28.5 Å². The third-order valence-electron chi connectivity index (χ3n) is 5.93. The second-order valence-electron chi connectivity index (χ2n) is 8.50. The number of hydrogen-bond acceptors (Lipinski definition) is 7. The van der Waals surface area contributed by atoms with Crippen LogP contribution in [0.4, 0.5) is 5.69 Å². The number of anilines is 1. The first kappa shape index (κ1) is 22.0. The molecule has 3 aromatic rings. The lowest BCUT2D eigenvalue weighted by molar-refractivity contribution is -0.144. The summed E-state index contributed by atoms with van der Waals surface area (Å²) < 4.78 is 4.77. The van der Waals surface area contributed by atoms with Crippen molar-refractivity contribution in [3.8, 4) is 0 Å². The zero-order valence-electron chi connectivity index (χ0n) is 18.5. The number of aliphatic carboxylic acids is 1. The number of benzene rings is 1. The molecular weight excluding hydrogens is 412 g/mol. The molecule has 0 saturated carbocycles. The number of rotatable bonds is 7. The Kier molecular flexibility index (Phi) is 6.24. The van der Waals surface area contributed by atoms with Crippen LogP contribution >= 0.6 is 0 Å². The zero-order chi connectivity index (χ0) is 22.8. The first-order valence-electron chi connectivity index (χ1n) is 10.7. The molecule has 170 valence electrons. The highest BCUT2D eigenvalue weighted by Gasteiger charge is 2.32. The lowest BCUT2D eigenvalue weighted by atomic mass is 10.0. The molecule has 1 atom stereocenters. The minimum Gasteiger partial charge on any atom is -0.480 e. The highest BCUT2D eigenvalue weighted by Crippen LogP contribution is 2.31. The fraction of sp³-hybridized carbons (Fsp3) is 0.455. The van der Waals surface area contributed by atoms with Crippen molar-refractivity contribution in [2.75, 3.05) is 31.5 Å². The number of carbonyl (C=O) groups is 2. The Bertz CT molecular complexity index is 1110. The van der Waals surface area contributed by atoms with Gasteiger partial charge in [0.05, 0.1) is 0 Å². The van der Waals surface area contributed by atoms with Gasteiger partial charge in [0.1, 0.15) is 17.4 Å². The predicted molar refractivity (Wildman–Crippen MR) is 118 cm³/mol. The van der Waals surface area contributed by atoms with Crippen molar-refractivity contribution < 1.29 is 19.3 Å². The Balaban J connectivity index is 1.52. The smallest absolute Gasteiger partial charge is 0.325 e. The Morgan fingerprint density at radius 3 is 2.59 bits per heavy atom. The Hall–Kier alpha value is -3.24. The monoisotopic (exact) mass is 440 g/mol. The fourth-order valence-corrected chi connectivity index (χ4v) is 4.00. The number of hydrogen-bond donors (Lipinski definition) is 3. The minimum absolute atomic E-state index is 0.0788. The summed E-state index contributed by atoms with van der Waals surface area (Å²) in [5.74, 6) is -1.12. The molecule has 0 unspecified atom stereocenters. The number of aromatic nitrogens is 3. The van der Waals surface area contributed by atoms with Gasteiger partial charge in [-0.1, -0.05) is 24.2 Å². The van der Waals surface area contributed by atoms with Gasteiger partial charge in [-0.3, -0.25) is 19.4 Å². The lowest BCUT2D eigenvalue weighted by Gasteiger charge is -2.37. The Morgan fingerprint density at radius 1 is 1.22 bits per heavy atom. The van der Waals surface area contributed by atoms with Crippen molar-refractivity contribution in [2.45, 2.75) is 33.4 Å². The fourth-order valence-electron chi connectivity index (χ4n) is 4.00. The van der Waals surface area contributed by atoms with E-state index in [-0.39, 0.29) is 11.8 Å². The topological polar surface area (TPSA) is 128 Å². The second kappa shape index (κ2) is 9.09. The van der Waals surface area contributed by atoms with Gasteiger partial charge in [0.2, 0.25) is 5.91 Å². The molecule has 3 N–H and O–H groups in total. The number of nitrogens with zero attached hydrogens (tertiary/aromatic N) is 4. The van der Waals surface area contributed by atoms with Crippen LogP contribution in [-0.4, -0.2) is 68.3 Å². The van der Waals surface area contributed by atoms with Gasteiger partial charge >= 0.3 is 5.97 Å². The van der Waals surface area contributed by atoms with Crippen molar-refractivity contribution in [1.82, 2.24) is 25.1 Å². The molecule has 1 amide bonds. The van der Waals surface area contributed by atoms with Gasteiger partial charge in [-0.25, -0.2) is 4.63 Å².